The lowest BCUT2D eigenvalue weighted by Crippen LogP contribution is -2.41. The van der Waals surface area contributed by atoms with E-state index >= 15 is 0 Å². The Kier molecular flexibility index (Phi) is 5.53. The number of fused-ring (bicyclic) bond motifs is 1. The second-order valence-electron chi connectivity index (χ2n) is 6.29. The molecule has 0 fully saturated rings. The third kappa shape index (κ3) is 4.24. The summed E-state index contributed by atoms with van der Waals surface area (Å²) in [5, 5.41) is 3.57. The molecule has 0 aliphatic rings. The molecule has 8 heteroatoms. The van der Waals surface area contributed by atoms with Crippen molar-refractivity contribution in [3.63, 3.8) is 0 Å². The Morgan fingerprint density at radius 2 is 1.68 bits per heavy atom. The molecule has 0 unspecified atom stereocenters. The van der Waals surface area contributed by atoms with Crippen molar-refractivity contribution in [2.24, 2.45) is 0 Å². The van der Waals surface area contributed by atoms with Crippen molar-refractivity contribution in [2.75, 3.05) is 5.32 Å². The van der Waals surface area contributed by atoms with E-state index in [1.54, 1.807) is 24.4 Å². The fourth-order valence-electron chi connectivity index (χ4n) is 2.67. The lowest BCUT2D eigenvalue weighted by molar-refractivity contribution is -0.117. The standard InChI is InChI=1S/C20H19N3O4S/c1-13(23-28(26,27)17-10-8-15(9-11-17)14(2)24)20(25)22-18-7-3-5-16-6-4-12-21-19(16)18/h3-13,23H,1-2H3,(H,22,25)/t13-/m1/s1. The van der Waals surface area contributed by atoms with Crippen LogP contribution >= 0.6 is 0 Å². The van der Waals surface area contributed by atoms with E-state index in [-0.39, 0.29) is 10.7 Å². The van der Waals surface area contributed by atoms with Crippen LogP contribution in [0.3, 0.4) is 0 Å². The van der Waals surface area contributed by atoms with E-state index < -0.39 is 22.0 Å². The number of Topliss-reactive ketones (excluding diaryl/α,β-unsaturated/α-hetero) is 1. The highest BCUT2D eigenvalue weighted by molar-refractivity contribution is 7.89. The van der Waals surface area contributed by atoms with Crippen molar-refractivity contribution < 1.29 is 18.0 Å². The van der Waals surface area contributed by atoms with Crippen molar-refractivity contribution in [3.8, 4) is 0 Å². The lowest BCUT2D eigenvalue weighted by Gasteiger charge is -2.15. The molecule has 3 aromatic rings. The highest BCUT2D eigenvalue weighted by Crippen LogP contribution is 2.21. The number of amides is 1. The maximum Gasteiger partial charge on any atom is 0.242 e. The fraction of sp³-hybridized carbons (Fsp3) is 0.150. The minimum Gasteiger partial charge on any atom is -0.323 e. The number of pyridine rings is 1. The monoisotopic (exact) mass is 397 g/mol. The molecule has 0 saturated heterocycles. The van der Waals surface area contributed by atoms with Crippen LogP contribution in [0.4, 0.5) is 5.69 Å². The Labute approximate surface area is 162 Å². The van der Waals surface area contributed by atoms with Gasteiger partial charge in [0.1, 0.15) is 0 Å². The molecule has 0 saturated carbocycles. The number of nitrogens with zero attached hydrogens (tertiary/aromatic N) is 1. The maximum absolute atomic E-state index is 12.5. The van der Waals surface area contributed by atoms with Gasteiger partial charge in [-0.05, 0) is 38.1 Å². The molecular formula is C20H19N3O4S. The van der Waals surface area contributed by atoms with Gasteiger partial charge in [0.15, 0.2) is 5.78 Å². The number of nitrogens with one attached hydrogen (secondary N) is 2. The van der Waals surface area contributed by atoms with Gasteiger partial charge in [0, 0.05) is 17.1 Å². The largest absolute Gasteiger partial charge is 0.323 e. The van der Waals surface area contributed by atoms with E-state index in [0.29, 0.717) is 16.8 Å². The van der Waals surface area contributed by atoms with Crippen LogP contribution in [-0.2, 0) is 14.8 Å². The zero-order valence-electron chi connectivity index (χ0n) is 15.3. The van der Waals surface area contributed by atoms with E-state index in [9.17, 15) is 18.0 Å². The van der Waals surface area contributed by atoms with Gasteiger partial charge in [-0.1, -0.05) is 30.3 Å². The smallest absolute Gasteiger partial charge is 0.242 e. The number of benzene rings is 2. The molecule has 0 spiro atoms. The van der Waals surface area contributed by atoms with E-state index in [4.69, 9.17) is 0 Å². The van der Waals surface area contributed by atoms with Crippen molar-refractivity contribution in [1.82, 2.24) is 9.71 Å². The summed E-state index contributed by atoms with van der Waals surface area (Å²) in [6.45, 7) is 2.85. The van der Waals surface area contributed by atoms with E-state index in [1.165, 1.54) is 38.1 Å². The van der Waals surface area contributed by atoms with Crippen LogP contribution < -0.4 is 10.0 Å². The van der Waals surface area contributed by atoms with Gasteiger partial charge in [-0.25, -0.2) is 8.42 Å². The number of anilines is 1. The fourth-order valence-corrected chi connectivity index (χ4v) is 3.87. The Bertz CT molecular complexity index is 1140. The van der Waals surface area contributed by atoms with E-state index in [0.717, 1.165) is 5.39 Å². The van der Waals surface area contributed by atoms with Gasteiger partial charge in [0.05, 0.1) is 22.1 Å². The Morgan fingerprint density at radius 1 is 1.00 bits per heavy atom. The maximum atomic E-state index is 12.5. The molecule has 1 aromatic heterocycles. The number of hydrogen-bond donors (Lipinski definition) is 2. The van der Waals surface area contributed by atoms with Crippen molar-refractivity contribution in [1.29, 1.82) is 0 Å². The summed E-state index contributed by atoms with van der Waals surface area (Å²) in [7, 11) is -3.92. The normalized spacial score (nSPS) is 12.5. The molecule has 0 radical (unpaired) electrons. The highest BCUT2D eigenvalue weighted by atomic mass is 32.2. The van der Waals surface area contributed by atoms with Gasteiger partial charge in [0.2, 0.25) is 15.9 Å². The summed E-state index contributed by atoms with van der Waals surface area (Å²) in [4.78, 5) is 28.0. The summed E-state index contributed by atoms with van der Waals surface area (Å²) < 4.78 is 27.4. The SMILES string of the molecule is CC(=O)c1ccc(S(=O)(=O)N[C@H](C)C(=O)Nc2cccc3cccnc23)cc1. The van der Waals surface area contributed by atoms with Gasteiger partial charge in [-0.3, -0.25) is 14.6 Å². The summed E-state index contributed by atoms with van der Waals surface area (Å²) in [5.41, 5.74) is 1.53. The first-order chi connectivity index (χ1) is 13.3. The van der Waals surface area contributed by atoms with Gasteiger partial charge in [-0.2, -0.15) is 4.72 Å². The molecule has 2 N–H and O–H groups in total. The first kappa shape index (κ1) is 19.7. The molecular weight excluding hydrogens is 378 g/mol. The van der Waals surface area contributed by atoms with Gasteiger partial charge in [-0.15, -0.1) is 0 Å². The Balaban J connectivity index is 1.75. The third-order valence-corrected chi connectivity index (χ3v) is 5.74. The summed E-state index contributed by atoms with van der Waals surface area (Å²) in [6, 6.07) is 13.5. The molecule has 3 rings (SSSR count). The molecule has 1 heterocycles. The third-order valence-electron chi connectivity index (χ3n) is 4.19. The van der Waals surface area contributed by atoms with Crippen LogP contribution in [0.25, 0.3) is 10.9 Å². The minimum atomic E-state index is -3.92. The molecule has 144 valence electrons. The number of sulfonamides is 1. The molecule has 1 atom stereocenters. The van der Waals surface area contributed by atoms with Gasteiger partial charge >= 0.3 is 0 Å². The van der Waals surface area contributed by atoms with Crippen LogP contribution in [0.5, 0.6) is 0 Å². The highest BCUT2D eigenvalue weighted by Gasteiger charge is 2.22. The number of carbonyl (C=O) groups is 2. The Morgan fingerprint density at radius 3 is 2.36 bits per heavy atom. The lowest BCUT2D eigenvalue weighted by atomic mass is 10.2. The van der Waals surface area contributed by atoms with Crippen LogP contribution in [0.15, 0.2) is 65.7 Å². The average molecular weight is 397 g/mol. The van der Waals surface area contributed by atoms with Gasteiger partial charge < -0.3 is 5.32 Å². The molecule has 7 nitrogen and oxygen atoms in total. The van der Waals surface area contributed by atoms with E-state index in [2.05, 4.69) is 15.0 Å². The number of aromatic nitrogens is 1. The van der Waals surface area contributed by atoms with Crippen LogP contribution in [0.1, 0.15) is 24.2 Å². The van der Waals surface area contributed by atoms with Crippen LogP contribution in [0, 0.1) is 0 Å². The zero-order valence-corrected chi connectivity index (χ0v) is 16.2. The van der Waals surface area contributed by atoms with Crippen molar-refractivity contribution >= 4 is 38.3 Å². The first-order valence-corrected chi connectivity index (χ1v) is 10.0. The van der Waals surface area contributed by atoms with Gasteiger partial charge in [0.25, 0.3) is 0 Å². The quantitative estimate of drug-likeness (QED) is 0.622. The molecule has 28 heavy (non-hydrogen) atoms. The molecule has 0 aliphatic heterocycles. The van der Waals surface area contributed by atoms with E-state index in [1.807, 2.05) is 12.1 Å². The Hall–Kier alpha value is -3.10. The molecule has 0 aliphatic carbocycles. The molecule has 2 aromatic carbocycles. The number of ketones is 1. The second kappa shape index (κ2) is 7.87. The predicted molar refractivity (Wildman–Crippen MR) is 107 cm³/mol. The minimum absolute atomic E-state index is 0.0241. The van der Waals surface area contributed by atoms with Crippen molar-refractivity contribution in [3.05, 3.63) is 66.4 Å². The summed E-state index contributed by atoms with van der Waals surface area (Å²) in [6.07, 6.45) is 1.62. The topological polar surface area (TPSA) is 105 Å². The van der Waals surface area contributed by atoms with Crippen LogP contribution in [0.2, 0.25) is 0 Å². The molecule has 1 amide bonds. The summed E-state index contributed by atoms with van der Waals surface area (Å²) in [5.74, 6) is -0.671. The van der Waals surface area contributed by atoms with Crippen molar-refractivity contribution in [2.45, 2.75) is 24.8 Å². The number of para-hydroxylation sites is 1. The van der Waals surface area contributed by atoms with Crippen LogP contribution in [-0.4, -0.2) is 31.1 Å². The average Bonchev–Trinajstić information content (AvgIpc) is 2.68. The molecule has 0 bridgehead atoms. The predicted octanol–water partition coefficient (Wildman–Crippen LogP) is 2.74. The second-order valence-corrected chi connectivity index (χ2v) is 8.01. The first-order valence-electron chi connectivity index (χ1n) is 8.56. The summed E-state index contributed by atoms with van der Waals surface area (Å²) >= 11 is 0. The number of hydrogen-bond acceptors (Lipinski definition) is 5. The number of carbonyl (C=O) groups excluding carboxylic acids is 2. The zero-order chi connectivity index (χ0) is 20.3. The number of rotatable bonds is 6.